The molecule has 0 saturated heterocycles. The highest BCUT2D eigenvalue weighted by Gasteiger charge is 2.16. The summed E-state index contributed by atoms with van der Waals surface area (Å²) in [6.07, 6.45) is 7.18. The van der Waals surface area contributed by atoms with Gasteiger partial charge in [-0.1, -0.05) is 17.3 Å². The highest BCUT2D eigenvalue weighted by molar-refractivity contribution is 5.91. The fourth-order valence-electron chi connectivity index (χ4n) is 4.05. The number of rotatable bonds is 5. The summed E-state index contributed by atoms with van der Waals surface area (Å²) in [5.41, 5.74) is 6.52. The molecule has 1 aliphatic carbocycles. The molecule has 4 aromatic rings. The van der Waals surface area contributed by atoms with Gasteiger partial charge in [0.15, 0.2) is 0 Å². The monoisotopic (exact) mass is 416 g/mol. The van der Waals surface area contributed by atoms with E-state index in [9.17, 15) is 4.79 Å². The largest absolute Gasteiger partial charge is 0.361 e. The summed E-state index contributed by atoms with van der Waals surface area (Å²) in [6.45, 7) is 3.76. The molecule has 0 fully saturated rings. The molecule has 0 atom stereocenters. The maximum atomic E-state index is 12.3. The second-order valence-electron chi connectivity index (χ2n) is 8.01. The lowest BCUT2D eigenvalue weighted by molar-refractivity contribution is -0.116. The lowest BCUT2D eigenvalue weighted by atomic mass is 10.0. The molecule has 0 saturated carbocycles. The summed E-state index contributed by atoms with van der Waals surface area (Å²) >= 11 is 0. The van der Waals surface area contributed by atoms with Gasteiger partial charge in [0.05, 0.1) is 29.0 Å². The molecule has 0 aliphatic heterocycles. The van der Waals surface area contributed by atoms with Gasteiger partial charge in [-0.25, -0.2) is 14.5 Å². The molecule has 3 heterocycles. The van der Waals surface area contributed by atoms with E-state index in [1.165, 1.54) is 6.42 Å². The van der Waals surface area contributed by atoms with Gasteiger partial charge in [0.2, 0.25) is 5.91 Å². The van der Waals surface area contributed by atoms with Crippen molar-refractivity contribution in [1.29, 1.82) is 0 Å². The van der Waals surface area contributed by atoms with Crippen molar-refractivity contribution in [3.8, 4) is 11.3 Å². The number of anilines is 1. The molecule has 0 bridgehead atoms. The molecule has 158 valence electrons. The predicted octanol–water partition coefficient (Wildman–Crippen LogP) is 3.85. The van der Waals surface area contributed by atoms with Crippen molar-refractivity contribution in [2.24, 2.45) is 0 Å². The Bertz CT molecular complexity index is 1190. The fourth-order valence-corrected chi connectivity index (χ4v) is 4.05. The summed E-state index contributed by atoms with van der Waals surface area (Å²) in [7, 11) is 0. The Hall–Kier alpha value is -3.55. The van der Waals surface area contributed by atoms with Gasteiger partial charge >= 0.3 is 0 Å². The highest BCUT2D eigenvalue weighted by atomic mass is 16.5. The number of hydrogen-bond donors (Lipinski definition) is 1. The van der Waals surface area contributed by atoms with Crippen LogP contribution in [0.15, 0.2) is 35.0 Å². The predicted molar refractivity (Wildman–Crippen MR) is 116 cm³/mol. The molecule has 8 heteroatoms. The Balaban J connectivity index is 1.27. The van der Waals surface area contributed by atoms with Crippen LogP contribution in [-0.4, -0.2) is 30.6 Å². The minimum Gasteiger partial charge on any atom is -0.361 e. The van der Waals surface area contributed by atoms with E-state index in [-0.39, 0.29) is 5.91 Å². The number of imidazole rings is 1. The van der Waals surface area contributed by atoms with Crippen molar-refractivity contribution in [3.05, 3.63) is 58.9 Å². The fraction of sp³-hybridized carbons (Fsp3) is 0.348. The van der Waals surface area contributed by atoms with E-state index < -0.39 is 0 Å². The third-order valence-corrected chi connectivity index (χ3v) is 5.79. The summed E-state index contributed by atoms with van der Waals surface area (Å²) in [5.74, 6) is 1.36. The van der Waals surface area contributed by atoms with Crippen LogP contribution >= 0.6 is 0 Å². The summed E-state index contributed by atoms with van der Waals surface area (Å²) in [5, 5.41) is 11.6. The first kappa shape index (κ1) is 19.4. The average molecular weight is 416 g/mol. The van der Waals surface area contributed by atoms with Gasteiger partial charge in [-0.05, 0) is 58.1 Å². The van der Waals surface area contributed by atoms with Crippen molar-refractivity contribution in [1.82, 2.24) is 24.7 Å². The minimum absolute atomic E-state index is 0.0422. The van der Waals surface area contributed by atoms with Crippen LogP contribution in [0.3, 0.4) is 0 Å². The Morgan fingerprint density at radius 3 is 2.61 bits per heavy atom. The first-order valence-corrected chi connectivity index (χ1v) is 10.6. The molecular weight excluding hydrogens is 392 g/mol. The van der Waals surface area contributed by atoms with Crippen LogP contribution in [0.2, 0.25) is 0 Å². The van der Waals surface area contributed by atoms with Gasteiger partial charge in [-0.15, -0.1) is 0 Å². The molecule has 0 radical (unpaired) electrons. The SMILES string of the molecule is Cc1noc(C)c1CCC(=O)Nc1ccc(-c2cn3nc4c(nc3n2)CCCC4)cc1. The molecule has 1 N–H and O–H groups in total. The minimum atomic E-state index is -0.0422. The molecule has 1 aliphatic rings. The van der Waals surface area contributed by atoms with Gasteiger partial charge < -0.3 is 9.84 Å². The zero-order chi connectivity index (χ0) is 21.4. The van der Waals surface area contributed by atoms with Gasteiger partial charge in [0, 0.05) is 23.2 Å². The zero-order valence-corrected chi connectivity index (χ0v) is 17.7. The average Bonchev–Trinajstić information content (AvgIpc) is 3.33. The maximum absolute atomic E-state index is 12.3. The van der Waals surface area contributed by atoms with Crippen LogP contribution in [0.4, 0.5) is 5.69 Å². The Morgan fingerprint density at radius 2 is 1.87 bits per heavy atom. The summed E-state index contributed by atoms with van der Waals surface area (Å²) < 4.78 is 6.92. The third kappa shape index (κ3) is 3.93. The number of carbonyl (C=O) groups is 1. The molecule has 8 nitrogen and oxygen atoms in total. The van der Waals surface area contributed by atoms with Gasteiger partial charge in [-0.3, -0.25) is 4.79 Å². The van der Waals surface area contributed by atoms with Crippen molar-refractivity contribution in [3.63, 3.8) is 0 Å². The highest BCUT2D eigenvalue weighted by Crippen LogP contribution is 2.23. The number of amides is 1. The van der Waals surface area contributed by atoms with E-state index >= 15 is 0 Å². The number of aryl methyl sites for hydroxylation is 4. The van der Waals surface area contributed by atoms with Crippen molar-refractivity contribution < 1.29 is 9.32 Å². The smallest absolute Gasteiger partial charge is 0.251 e. The molecular formula is C23H24N6O2. The molecule has 1 amide bonds. The summed E-state index contributed by atoms with van der Waals surface area (Å²) in [4.78, 5) is 21.7. The molecule has 0 spiro atoms. The molecule has 5 rings (SSSR count). The van der Waals surface area contributed by atoms with Crippen LogP contribution < -0.4 is 5.32 Å². The lowest BCUT2D eigenvalue weighted by Gasteiger charge is -2.12. The van der Waals surface area contributed by atoms with E-state index in [1.54, 1.807) is 4.52 Å². The summed E-state index contributed by atoms with van der Waals surface area (Å²) in [6, 6.07) is 7.68. The lowest BCUT2D eigenvalue weighted by Crippen LogP contribution is -2.12. The van der Waals surface area contributed by atoms with Crippen molar-refractivity contribution in [2.45, 2.75) is 52.4 Å². The second kappa shape index (κ2) is 7.94. The van der Waals surface area contributed by atoms with Crippen molar-refractivity contribution in [2.75, 3.05) is 5.32 Å². The quantitative estimate of drug-likeness (QED) is 0.531. The molecule has 3 aromatic heterocycles. The number of hydrogen-bond acceptors (Lipinski definition) is 6. The van der Waals surface area contributed by atoms with Crippen LogP contribution in [-0.2, 0) is 24.1 Å². The second-order valence-corrected chi connectivity index (χ2v) is 8.01. The van der Waals surface area contributed by atoms with E-state index in [1.807, 2.05) is 44.3 Å². The van der Waals surface area contributed by atoms with E-state index in [2.05, 4.69) is 15.5 Å². The number of fused-ring (bicyclic) bond motifs is 2. The first-order chi connectivity index (χ1) is 15.1. The van der Waals surface area contributed by atoms with Gasteiger partial charge in [0.25, 0.3) is 5.78 Å². The Labute approximate surface area is 179 Å². The number of nitrogens with zero attached hydrogens (tertiary/aromatic N) is 5. The van der Waals surface area contributed by atoms with Crippen LogP contribution in [0.5, 0.6) is 0 Å². The standard InChI is InChI=1S/C23H24N6O2/c1-14-18(15(2)31-28-14)11-12-22(30)24-17-9-7-16(8-10-17)21-13-29-23(26-21)25-19-5-3-4-6-20(19)27-29/h7-10,13H,3-6,11-12H2,1-2H3,(H,24,30). The third-order valence-electron chi connectivity index (χ3n) is 5.79. The van der Waals surface area contributed by atoms with Crippen molar-refractivity contribution >= 4 is 17.4 Å². The van der Waals surface area contributed by atoms with E-state index in [0.29, 0.717) is 18.6 Å². The Kier molecular flexibility index (Phi) is 4.97. The van der Waals surface area contributed by atoms with Crippen LogP contribution in [0.1, 0.15) is 47.7 Å². The van der Waals surface area contributed by atoms with E-state index in [4.69, 9.17) is 14.6 Å². The van der Waals surface area contributed by atoms with Crippen LogP contribution in [0.25, 0.3) is 17.0 Å². The van der Waals surface area contributed by atoms with Crippen LogP contribution in [0, 0.1) is 13.8 Å². The zero-order valence-electron chi connectivity index (χ0n) is 17.7. The molecule has 0 unspecified atom stereocenters. The number of carbonyl (C=O) groups excluding carboxylic acids is 1. The topological polar surface area (TPSA) is 98.2 Å². The Morgan fingerprint density at radius 1 is 1.10 bits per heavy atom. The number of nitrogens with one attached hydrogen (secondary N) is 1. The normalized spacial score (nSPS) is 13.4. The van der Waals surface area contributed by atoms with Gasteiger partial charge in [0.1, 0.15) is 5.76 Å². The number of aromatic nitrogens is 5. The maximum Gasteiger partial charge on any atom is 0.251 e. The molecule has 31 heavy (non-hydrogen) atoms. The van der Waals surface area contributed by atoms with Gasteiger partial charge in [-0.2, -0.15) is 5.10 Å². The number of benzene rings is 1. The van der Waals surface area contributed by atoms with E-state index in [0.717, 1.165) is 64.6 Å². The molecule has 1 aromatic carbocycles. The first-order valence-electron chi connectivity index (χ1n) is 10.6.